The number of fused-ring (bicyclic) bond motifs is 1. The molecule has 2 aromatic heterocycles. The summed E-state index contributed by atoms with van der Waals surface area (Å²) in [4.78, 5) is 12.2. The number of rotatable bonds is 4. The highest BCUT2D eigenvalue weighted by Gasteiger charge is 2.19. The van der Waals surface area contributed by atoms with Crippen LogP contribution in [0.15, 0.2) is 23.5 Å². The predicted octanol–water partition coefficient (Wildman–Crippen LogP) is 3.34. The normalized spacial score (nSPS) is 10.8. The van der Waals surface area contributed by atoms with Gasteiger partial charge in [0.15, 0.2) is 5.16 Å². The van der Waals surface area contributed by atoms with E-state index in [-0.39, 0.29) is 0 Å². The van der Waals surface area contributed by atoms with Gasteiger partial charge in [0.05, 0.1) is 23.4 Å². The third-order valence-corrected chi connectivity index (χ3v) is 4.52. The average molecular weight is 360 g/mol. The zero-order chi connectivity index (χ0) is 17.3. The number of nitrogens with one attached hydrogen (secondary N) is 1. The summed E-state index contributed by atoms with van der Waals surface area (Å²) < 4.78 is 5.30. The molecule has 3 rings (SSSR count). The molecule has 0 saturated heterocycles. The fourth-order valence-corrected chi connectivity index (χ4v) is 3.13. The monoisotopic (exact) mass is 359 g/mol. The van der Waals surface area contributed by atoms with Crippen LogP contribution >= 0.6 is 23.4 Å². The first-order valence-electron chi connectivity index (χ1n) is 7.03. The van der Waals surface area contributed by atoms with Crippen molar-refractivity contribution in [3.05, 3.63) is 34.5 Å². The summed E-state index contributed by atoms with van der Waals surface area (Å²) >= 11 is 7.85. The number of aromatic nitrogens is 3. The van der Waals surface area contributed by atoms with Gasteiger partial charge in [0.2, 0.25) is 0 Å². The summed E-state index contributed by atoms with van der Waals surface area (Å²) in [5.41, 5.74) is 9.14. The molecule has 0 unspecified atom stereocenters. The third-order valence-electron chi connectivity index (χ3n) is 3.66. The van der Waals surface area contributed by atoms with Crippen LogP contribution in [0.4, 0.5) is 0 Å². The number of hydrogen-bond donors (Lipinski definition) is 2. The molecular formula is C16H14ClN5OS. The maximum Gasteiger partial charge on any atom is 0.189 e. The SMILES string of the molecule is COc1cc(-c2nc(SC)nc3[nH]cc(CN)c23)c(Cl)cc1C#N. The van der Waals surface area contributed by atoms with Crippen molar-refractivity contribution < 1.29 is 4.74 Å². The van der Waals surface area contributed by atoms with Crippen LogP contribution in [0.2, 0.25) is 5.02 Å². The summed E-state index contributed by atoms with van der Waals surface area (Å²) in [6, 6.07) is 5.37. The maximum absolute atomic E-state index is 9.20. The third kappa shape index (κ3) is 2.69. The molecule has 24 heavy (non-hydrogen) atoms. The van der Waals surface area contributed by atoms with Crippen molar-refractivity contribution in [2.24, 2.45) is 5.73 Å². The maximum atomic E-state index is 9.20. The van der Waals surface area contributed by atoms with Gasteiger partial charge in [-0.1, -0.05) is 23.4 Å². The van der Waals surface area contributed by atoms with Gasteiger partial charge in [0, 0.05) is 23.7 Å². The van der Waals surface area contributed by atoms with E-state index in [0.29, 0.717) is 44.9 Å². The van der Waals surface area contributed by atoms with E-state index in [1.807, 2.05) is 12.5 Å². The van der Waals surface area contributed by atoms with E-state index < -0.39 is 0 Å². The van der Waals surface area contributed by atoms with Crippen LogP contribution in [0.3, 0.4) is 0 Å². The lowest BCUT2D eigenvalue weighted by atomic mass is 10.0. The quantitative estimate of drug-likeness (QED) is 0.547. The number of halogens is 1. The van der Waals surface area contributed by atoms with Gasteiger partial charge in [-0.25, -0.2) is 9.97 Å². The molecule has 122 valence electrons. The zero-order valence-electron chi connectivity index (χ0n) is 13.1. The van der Waals surface area contributed by atoms with Gasteiger partial charge < -0.3 is 15.5 Å². The number of hydrogen-bond acceptors (Lipinski definition) is 6. The van der Waals surface area contributed by atoms with E-state index in [4.69, 9.17) is 22.1 Å². The minimum Gasteiger partial charge on any atom is -0.495 e. The van der Waals surface area contributed by atoms with Gasteiger partial charge in [-0.2, -0.15) is 5.26 Å². The molecule has 6 nitrogen and oxygen atoms in total. The molecule has 8 heteroatoms. The van der Waals surface area contributed by atoms with Crippen molar-refractivity contribution in [1.82, 2.24) is 15.0 Å². The average Bonchev–Trinajstić information content (AvgIpc) is 3.03. The van der Waals surface area contributed by atoms with E-state index in [1.165, 1.54) is 18.9 Å². The van der Waals surface area contributed by atoms with Crippen LogP contribution in [0.25, 0.3) is 22.3 Å². The molecule has 3 aromatic rings. The smallest absolute Gasteiger partial charge is 0.189 e. The number of nitriles is 1. The largest absolute Gasteiger partial charge is 0.495 e. The van der Waals surface area contributed by atoms with E-state index in [2.05, 4.69) is 21.0 Å². The van der Waals surface area contributed by atoms with Crippen molar-refractivity contribution in [2.45, 2.75) is 11.7 Å². The second-order valence-corrected chi connectivity index (χ2v) is 6.13. The Morgan fingerprint density at radius 1 is 1.42 bits per heavy atom. The topological polar surface area (TPSA) is 101 Å². The van der Waals surface area contributed by atoms with E-state index in [9.17, 15) is 5.26 Å². The standard InChI is InChI=1S/C16H14ClN5OS/c1-23-12-4-10(11(17)3-8(12)5-18)14-13-9(6-19)7-20-15(13)22-16(21-14)24-2/h3-4,7H,6,19H2,1-2H3,(H,20,21,22). The Kier molecular flexibility index (Phi) is 4.62. The Bertz CT molecular complexity index is 963. The summed E-state index contributed by atoms with van der Waals surface area (Å²) in [7, 11) is 1.51. The van der Waals surface area contributed by atoms with Crippen LogP contribution in [-0.4, -0.2) is 28.3 Å². The molecule has 0 aliphatic rings. The lowest BCUT2D eigenvalue weighted by molar-refractivity contribution is 0.413. The molecule has 0 aliphatic heterocycles. The lowest BCUT2D eigenvalue weighted by Crippen LogP contribution is -1.99. The van der Waals surface area contributed by atoms with Gasteiger partial charge in [-0.05, 0) is 24.0 Å². The molecular weight excluding hydrogens is 346 g/mol. The Balaban J connectivity index is 2.37. The Morgan fingerprint density at radius 2 is 2.21 bits per heavy atom. The first-order chi connectivity index (χ1) is 11.6. The van der Waals surface area contributed by atoms with Gasteiger partial charge in [0.1, 0.15) is 17.5 Å². The van der Waals surface area contributed by atoms with E-state index in [0.717, 1.165) is 10.9 Å². The van der Waals surface area contributed by atoms with Crippen molar-refractivity contribution in [2.75, 3.05) is 13.4 Å². The van der Waals surface area contributed by atoms with Gasteiger partial charge >= 0.3 is 0 Å². The molecule has 0 amide bonds. The highest BCUT2D eigenvalue weighted by atomic mass is 35.5. The fraction of sp³-hybridized carbons (Fsp3) is 0.188. The number of ether oxygens (including phenoxy) is 1. The molecule has 0 atom stereocenters. The summed E-state index contributed by atoms with van der Waals surface area (Å²) in [6.45, 7) is 0.347. The zero-order valence-corrected chi connectivity index (χ0v) is 14.6. The van der Waals surface area contributed by atoms with Crippen molar-refractivity contribution in [3.8, 4) is 23.1 Å². The van der Waals surface area contributed by atoms with E-state index in [1.54, 1.807) is 12.1 Å². The number of thioether (sulfide) groups is 1. The first kappa shape index (κ1) is 16.6. The molecule has 0 radical (unpaired) electrons. The molecule has 0 fully saturated rings. The minimum atomic E-state index is 0.347. The van der Waals surface area contributed by atoms with Crippen LogP contribution in [0.5, 0.6) is 5.75 Å². The molecule has 2 heterocycles. The molecule has 0 bridgehead atoms. The molecule has 0 saturated carbocycles. The Hall–Kier alpha value is -2.27. The molecule has 0 aliphatic carbocycles. The van der Waals surface area contributed by atoms with Gasteiger partial charge in [-0.15, -0.1) is 0 Å². The summed E-state index contributed by atoms with van der Waals surface area (Å²) in [5, 5.41) is 11.1. The van der Waals surface area contributed by atoms with Gasteiger partial charge in [0.25, 0.3) is 0 Å². The Labute approximate surface area is 148 Å². The Morgan fingerprint density at radius 3 is 2.83 bits per heavy atom. The van der Waals surface area contributed by atoms with Gasteiger partial charge in [-0.3, -0.25) is 0 Å². The minimum absolute atomic E-state index is 0.347. The van der Waals surface area contributed by atoms with Crippen LogP contribution < -0.4 is 10.5 Å². The number of nitrogens with two attached hydrogens (primary N) is 1. The number of methoxy groups -OCH3 is 1. The number of H-pyrrole nitrogens is 1. The summed E-state index contributed by atoms with van der Waals surface area (Å²) in [5.74, 6) is 0.444. The summed E-state index contributed by atoms with van der Waals surface area (Å²) in [6.07, 6.45) is 3.72. The number of nitrogens with zero attached hydrogens (tertiary/aromatic N) is 3. The second kappa shape index (κ2) is 6.69. The first-order valence-corrected chi connectivity index (χ1v) is 8.63. The van der Waals surface area contributed by atoms with E-state index >= 15 is 0 Å². The highest BCUT2D eigenvalue weighted by molar-refractivity contribution is 7.98. The molecule has 1 aromatic carbocycles. The van der Waals surface area contributed by atoms with Crippen molar-refractivity contribution in [1.29, 1.82) is 5.26 Å². The molecule has 3 N–H and O–H groups in total. The number of benzene rings is 1. The number of aromatic amines is 1. The predicted molar refractivity (Wildman–Crippen MR) is 95.3 cm³/mol. The highest BCUT2D eigenvalue weighted by Crippen LogP contribution is 2.38. The second-order valence-electron chi connectivity index (χ2n) is 4.94. The van der Waals surface area contributed by atoms with Crippen LogP contribution in [0.1, 0.15) is 11.1 Å². The lowest BCUT2D eigenvalue weighted by Gasteiger charge is -2.11. The molecule has 0 spiro atoms. The van der Waals surface area contributed by atoms with Crippen LogP contribution in [-0.2, 0) is 6.54 Å². The van der Waals surface area contributed by atoms with Crippen LogP contribution in [0, 0.1) is 11.3 Å². The van der Waals surface area contributed by atoms with Crippen molar-refractivity contribution >= 4 is 34.4 Å². The van der Waals surface area contributed by atoms with Crippen molar-refractivity contribution in [3.63, 3.8) is 0 Å². The fourth-order valence-electron chi connectivity index (χ4n) is 2.51.